The van der Waals surface area contributed by atoms with Crippen molar-refractivity contribution in [3.05, 3.63) is 79.1 Å². The summed E-state index contributed by atoms with van der Waals surface area (Å²) in [4.78, 5) is 10.7. The van der Waals surface area contributed by atoms with Crippen molar-refractivity contribution < 1.29 is 27.8 Å². The zero-order chi connectivity index (χ0) is 27.4. The van der Waals surface area contributed by atoms with Crippen LogP contribution in [0.3, 0.4) is 0 Å². The lowest BCUT2D eigenvalue weighted by Crippen LogP contribution is -2.47. The first-order valence-electron chi connectivity index (χ1n) is 11.8. The molecule has 3 aromatic carbocycles. The summed E-state index contributed by atoms with van der Waals surface area (Å²) in [7, 11) is 1.61. The van der Waals surface area contributed by atoms with Crippen LogP contribution in [0.5, 0.6) is 11.5 Å². The molecule has 4 aromatic rings. The van der Waals surface area contributed by atoms with E-state index in [2.05, 4.69) is 30.4 Å². The third kappa shape index (κ3) is 6.38. The molecule has 1 aliphatic rings. The standard InChI is InChI=1S/C26H24F3N7O3/c1-38-22-4-2-3-20(15-22)35-14-13-30-24(35)33-25(37)32-18-7-5-17(6-8-18)23-31-16-36(34-23)19-9-11-21(12-10-19)39-26(27,28)29/h2-12,15-16,25,32,37H,13-14H2,1H3,(H,30,33). The summed E-state index contributed by atoms with van der Waals surface area (Å²) in [5.74, 6) is 1.36. The largest absolute Gasteiger partial charge is 0.573 e. The maximum atomic E-state index is 12.4. The van der Waals surface area contributed by atoms with E-state index in [0.717, 1.165) is 11.4 Å². The molecule has 1 atom stereocenters. The number of guanidine groups is 1. The number of alkyl halides is 3. The molecule has 0 saturated carbocycles. The molecule has 3 N–H and O–H groups in total. The Morgan fingerprint density at radius 2 is 1.72 bits per heavy atom. The van der Waals surface area contributed by atoms with E-state index in [1.165, 1.54) is 35.3 Å². The molecule has 0 bridgehead atoms. The molecule has 202 valence electrons. The van der Waals surface area contributed by atoms with Gasteiger partial charge in [-0.2, -0.15) is 0 Å². The quantitative estimate of drug-likeness (QED) is 0.289. The number of aliphatic hydroxyl groups is 1. The normalized spacial score (nSPS) is 14.1. The zero-order valence-electron chi connectivity index (χ0n) is 20.6. The van der Waals surface area contributed by atoms with Gasteiger partial charge in [0, 0.05) is 29.5 Å². The van der Waals surface area contributed by atoms with Gasteiger partial charge in [-0.25, -0.2) is 9.67 Å². The number of aliphatic imine (C=N–C) groups is 1. The van der Waals surface area contributed by atoms with E-state index in [4.69, 9.17) is 4.74 Å². The van der Waals surface area contributed by atoms with Crippen LogP contribution < -0.4 is 25.0 Å². The Morgan fingerprint density at radius 3 is 2.44 bits per heavy atom. The summed E-state index contributed by atoms with van der Waals surface area (Å²) in [5, 5.41) is 20.9. The van der Waals surface area contributed by atoms with E-state index in [-0.39, 0.29) is 5.75 Å². The molecule has 39 heavy (non-hydrogen) atoms. The number of rotatable bonds is 8. The number of halogens is 3. The minimum Gasteiger partial charge on any atom is -0.497 e. The summed E-state index contributed by atoms with van der Waals surface area (Å²) >= 11 is 0. The van der Waals surface area contributed by atoms with E-state index in [1.54, 1.807) is 31.4 Å². The first-order chi connectivity index (χ1) is 18.8. The lowest BCUT2D eigenvalue weighted by molar-refractivity contribution is -0.274. The molecule has 1 aromatic heterocycles. The number of hydrogen-bond donors (Lipinski definition) is 3. The van der Waals surface area contributed by atoms with E-state index < -0.39 is 12.7 Å². The van der Waals surface area contributed by atoms with Crippen molar-refractivity contribution in [3.63, 3.8) is 0 Å². The maximum Gasteiger partial charge on any atom is 0.573 e. The summed E-state index contributed by atoms with van der Waals surface area (Å²) in [6, 6.07) is 20.0. The maximum absolute atomic E-state index is 12.4. The highest BCUT2D eigenvalue weighted by Gasteiger charge is 2.31. The molecule has 0 amide bonds. The molecule has 0 radical (unpaired) electrons. The fourth-order valence-corrected chi connectivity index (χ4v) is 3.95. The first kappa shape index (κ1) is 25.9. The van der Waals surface area contributed by atoms with Crippen LogP contribution in [0.25, 0.3) is 17.1 Å². The Hall–Kier alpha value is -4.78. The Bertz CT molecular complexity index is 1440. The third-order valence-electron chi connectivity index (χ3n) is 5.74. The van der Waals surface area contributed by atoms with Crippen LogP contribution in [0.4, 0.5) is 24.5 Å². The van der Waals surface area contributed by atoms with Crippen LogP contribution in [0, 0.1) is 0 Å². The van der Waals surface area contributed by atoms with Crippen molar-refractivity contribution >= 4 is 17.3 Å². The van der Waals surface area contributed by atoms with Crippen LogP contribution in [0.2, 0.25) is 0 Å². The van der Waals surface area contributed by atoms with Crippen LogP contribution in [-0.4, -0.2) is 58.7 Å². The van der Waals surface area contributed by atoms with Crippen molar-refractivity contribution in [1.29, 1.82) is 0 Å². The van der Waals surface area contributed by atoms with Gasteiger partial charge in [0.25, 0.3) is 0 Å². The number of ether oxygens (including phenoxy) is 2. The number of anilines is 2. The summed E-state index contributed by atoms with van der Waals surface area (Å²) in [6.45, 7) is 1.26. The molecular weight excluding hydrogens is 515 g/mol. The molecular formula is C26H24F3N7O3. The van der Waals surface area contributed by atoms with Crippen molar-refractivity contribution in [2.24, 2.45) is 4.99 Å². The molecule has 0 fully saturated rings. The van der Waals surface area contributed by atoms with Gasteiger partial charge in [-0.15, -0.1) is 18.3 Å². The average molecular weight is 540 g/mol. The SMILES string of the molecule is COc1cccc(N2CCN=C2NC(O)Nc2ccc(-c3ncn(-c4ccc(OC(F)(F)F)cc4)n3)cc2)c1. The highest BCUT2D eigenvalue weighted by Crippen LogP contribution is 2.25. The minimum atomic E-state index is -4.75. The second-order valence-corrected chi connectivity index (χ2v) is 8.38. The number of hydrogen-bond acceptors (Lipinski definition) is 9. The predicted molar refractivity (Wildman–Crippen MR) is 139 cm³/mol. The zero-order valence-corrected chi connectivity index (χ0v) is 20.6. The van der Waals surface area contributed by atoms with Crippen molar-refractivity contribution in [3.8, 4) is 28.6 Å². The number of nitrogens with zero attached hydrogens (tertiary/aromatic N) is 5. The molecule has 0 saturated heterocycles. The number of methoxy groups -OCH3 is 1. The van der Waals surface area contributed by atoms with Gasteiger partial charge in [-0.1, -0.05) is 6.07 Å². The van der Waals surface area contributed by atoms with Gasteiger partial charge in [-0.3, -0.25) is 4.99 Å². The highest BCUT2D eigenvalue weighted by molar-refractivity contribution is 5.98. The molecule has 1 unspecified atom stereocenters. The molecule has 2 heterocycles. The van der Waals surface area contributed by atoms with Crippen LogP contribution >= 0.6 is 0 Å². The van der Waals surface area contributed by atoms with E-state index >= 15 is 0 Å². The smallest absolute Gasteiger partial charge is 0.497 e. The Balaban J connectivity index is 1.19. The minimum absolute atomic E-state index is 0.320. The average Bonchev–Trinajstić information content (AvgIpc) is 3.59. The van der Waals surface area contributed by atoms with Gasteiger partial charge < -0.3 is 30.1 Å². The van der Waals surface area contributed by atoms with Crippen LogP contribution in [0.15, 0.2) is 84.1 Å². The topological polar surface area (TPSA) is 109 Å². The molecule has 5 rings (SSSR count). The van der Waals surface area contributed by atoms with E-state index in [1.807, 2.05) is 29.2 Å². The molecule has 1 aliphatic heterocycles. The van der Waals surface area contributed by atoms with Gasteiger partial charge in [0.2, 0.25) is 12.3 Å². The van der Waals surface area contributed by atoms with Gasteiger partial charge >= 0.3 is 6.36 Å². The number of aliphatic hydroxyl groups excluding tert-OH is 1. The van der Waals surface area contributed by atoms with Crippen LogP contribution in [-0.2, 0) is 0 Å². The Kier molecular flexibility index (Phi) is 7.23. The fraction of sp³-hybridized carbons (Fsp3) is 0.192. The summed E-state index contributed by atoms with van der Waals surface area (Å²) in [5.41, 5.74) is 2.77. The molecule has 10 nitrogen and oxygen atoms in total. The first-order valence-corrected chi connectivity index (χ1v) is 11.8. The Morgan fingerprint density at radius 1 is 0.949 bits per heavy atom. The summed E-state index contributed by atoms with van der Waals surface area (Å²) in [6.07, 6.45) is -4.40. The van der Waals surface area contributed by atoms with Crippen molar-refractivity contribution in [1.82, 2.24) is 20.1 Å². The highest BCUT2D eigenvalue weighted by atomic mass is 19.4. The van der Waals surface area contributed by atoms with Crippen LogP contribution in [0.1, 0.15) is 0 Å². The van der Waals surface area contributed by atoms with Crippen molar-refractivity contribution in [2.45, 2.75) is 12.7 Å². The third-order valence-corrected chi connectivity index (χ3v) is 5.74. The molecule has 0 spiro atoms. The predicted octanol–water partition coefficient (Wildman–Crippen LogP) is 4.00. The van der Waals surface area contributed by atoms with Gasteiger partial charge in [0.05, 0.1) is 19.3 Å². The lowest BCUT2D eigenvalue weighted by atomic mass is 10.2. The van der Waals surface area contributed by atoms with E-state index in [9.17, 15) is 18.3 Å². The monoisotopic (exact) mass is 539 g/mol. The fourth-order valence-electron chi connectivity index (χ4n) is 3.95. The van der Waals surface area contributed by atoms with Crippen molar-refractivity contribution in [2.75, 3.05) is 30.4 Å². The number of nitrogens with one attached hydrogen (secondary N) is 2. The Labute approximate surface area is 221 Å². The van der Waals surface area contributed by atoms with Gasteiger partial charge in [0.1, 0.15) is 17.8 Å². The van der Waals surface area contributed by atoms with E-state index in [0.29, 0.717) is 41.8 Å². The molecule has 0 aliphatic carbocycles. The van der Waals surface area contributed by atoms with Gasteiger partial charge in [0.15, 0.2) is 5.82 Å². The number of aromatic nitrogens is 3. The number of benzene rings is 3. The second kappa shape index (κ2) is 10.9. The van der Waals surface area contributed by atoms with Gasteiger partial charge in [-0.05, 0) is 60.7 Å². The lowest BCUT2D eigenvalue weighted by Gasteiger charge is -2.24. The molecule has 13 heteroatoms. The second-order valence-electron chi connectivity index (χ2n) is 8.38. The summed E-state index contributed by atoms with van der Waals surface area (Å²) < 4.78 is 47.7.